The van der Waals surface area contributed by atoms with E-state index >= 15 is 0 Å². The van der Waals surface area contributed by atoms with Crippen LogP contribution in [0.1, 0.15) is 113 Å². The molecule has 4 saturated carbocycles. The number of rotatable bonds is 6. The summed E-state index contributed by atoms with van der Waals surface area (Å²) < 4.78 is 24.4. The van der Waals surface area contributed by atoms with Gasteiger partial charge in [0, 0.05) is 0 Å². The highest BCUT2D eigenvalue weighted by molar-refractivity contribution is 5.79. The summed E-state index contributed by atoms with van der Waals surface area (Å²) in [7, 11) is 0. The Labute approximate surface area is 318 Å². The summed E-state index contributed by atoms with van der Waals surface area (Å²) in [6.07, 6.45) is -3.17. The van der Waals surface area contributed by atoms with Crippen LogP contribution in [0.3, 0.4) is 0 Å². The Balaban J connectivity index is 1.14. The zero-order valence-electron chi connectivity index (χ0n) is 32.9. The van der Waals surface area contributed by atoms with Gasteiger partial charge in [-0.25, -0.2) is 0 Å². The van der Waals surface area contributed by atoms with E-state index in [0.29, 0.717) is 38.0 Å². The Morgan fingerprint density at radius 3 is 2.11 bits per heavy atom. The van der Waals surface area contributed by atoms with E-state index < -0.39 is 78.1 Å². The van der Waals surface area contributed by atoms with Crippen molar-refractivity contribution in [3.63, 3.8) is 0 Å². The first-order chi connectivity index (χ1) is 25.1. The van der Waals surface area contributed by atoms with Gasteiger partial charge < -0.3 is 54.7 Å². The van der Waals surface area contributed by atoms with Crippen molar-refractivity contribution in [3.05, 3.63) is 11.6 Å². The minimum atomic E-state index is -1.61. The van der Waals surface area contributed by atoms with Crippen LogP contribution in [0.4, 0.5) is 0 Å². The molecule has 0 bridgehead atoms. The fourth-order valence-electron chi connectivity index (χ4n) is 13.3. The molecule has 0 aromatic rings. The van der Waals surface area contributed by atoms with Crippen LogP contribution < -0.4 is 0 Å². The molecule has 54 heavy (non-hydrogen) atoms. The maximum atomic E-state index is 13.1. The molecule has 0 spiro atoms. The number of aliphatic carboxylic acids is 2. The summed E-state index contributed by atoms with van der Waals surface area (Å²) in [5.74, 6) is -1.41. The number of ether oxygens (including phenoxy) is 4. The van der Waals surface area contributed by atoms with E-state index in [2.05, 4.69) is 40.7 Å². The van der Waals surface area contributed by atoms with E-state index in [1.807, 2.05) is 0 Å². The molecule has 0 radical (unpaired) electrons. The summed E-state index contributed by atoms with van der Waals surface area (Å²) in [5.41, 5.74) is -1.57. The van der Waals surface area contributed by atoms with Crippen LogP contribution >= 0.6 is 0 Å². The molecule has 13 nitrogen and oxygen atoms in total. The van der Waals surface area contributed by atoms with Gasteiger partial charge in [-0.3, -0.25) is 9.59 Å². The molecule has 18 unspecified atom stereocenters. The van der Waals surface area contributed by atoms with Gasteiger partial charge in [-0.1, -0.05) is 46.3 Å². The number of carboxylic acids is 2. The molecule has 7 aliphatic rings. The smallest absolute Gasteiger partial charge is 0.310 e. The van der Waals surface area contributed by atoms with Crippen LogP contribution in [0.2, 0.25) is 0 Å². The fourth-order valence-corrected chi connectivity index (χ4v) is 13.3. The first-order valence-electron chi connectivity index (χ1n) is 20.2. The highest BCUT2D eigenvalue weighted by Gasteiger charge is 2.70. The monoisotopic (exact) mass is 764 g/mol. The number of carboxylic acid groups (broad SMARTS) is 2. The summed E-state index contributed by atoms with van der Waals surface area (Å²) in [5, 5.41) is 73.8. The maximum Gasteiger partial charge on any atom is 0.310 e. The van der Waals surface area contributed by atoms with Crippen molar-refractivity contribution in [3.8, 4) is 0 Å². The minimum absolute atomic E-state index is 0.0862. The molecule has 13 heteroatoms. The van der Waals surface area contributed by atoms with Gasteiger partial charge in [0.25, 0.3) is 0 Å². The van der Waals surface area contributed by atoms with Crippen LogP contribution in [0.25, 0.3) is 0 Å². The second-order valence-corrected chi connectivity index (χ2v) is 19.9. The highest BCUT2D eigenvalue weighted by Crippen LogP contribution is 2.76. The van der Waals surface area contributed by atoms with Crippen molar-refractivity contribution in [2.45, 2.75) is 174 Å². The van der Waals surface area contributed by atoms with Gasteiger partial charge in [0.1, 0.15) is 36.6 Å². The zero-order chi connectivity index (χ0) is 39.6. The maximum absolute atomic E-state index is 13.1. The molecule has 0 aromatic heterocycles. The molecular weight excluding hydrogens is 700 g/mol. The first kappa shape index (κ1) is 40.5. The Bertz CT molecular complexity index is 1520. The average molecular weight is 765 g/mol. The largest absolute Gasteiger partial charge is 0.481 e. The van der Waals surface area contributed by atoms with Gasteiger partial charge in [-0.2, -0.15) is 0 Å². The molecule has 6 fully saturated rings. The Kier molecular flexibility index (Phi) is 10.1. The number of allylic oxidation sites excluding steroid dienone is 2. The van der Waals surface area contributed by atoms with E-state index in [1.165, 1.54) is 12.5 Å². The van der Waals surface area contributed by atoms with Crippen molar-refractivity contribution >= 4 is 11.9 Å². The lowest BCUT2D eigenvalue weighted by Gasteiger charge is -2.71. The number of carbonyl (C=O) groups is 2. The predicted octanol–water partition coefficient (Wildman–Crippen LogP) is 3.61. The molecule has 2 heterocycles. The second kappa shape index (κ2) is 13.4. The lowest BCUT2D eigenvalue weighted by molar-refractivity contribution is -0.364. The first-order valence-corrected chi connectivity index (χ1v) is 20.2. The van der Waals surface area contributed by atoms with Crippen LogP contribution in [-0.4, -0.2) is 116 Å². The molecule has 0 aromatic carbocycles. The van der Waals surface area contributed by atoms with Gasteiger partial charge in [-0.05, 0) is 117 Å². The van der Waals surface area contributed by atoms with E-state index in [-0.39, 0.29) is 46.2 Å². The topological polar surface area (TPSA) is 213 Å². The fraction of sp³-hybridized carbons (Fsp3) is 0.902. The molecule has 0 amide bonds. The van der Waals surface area contributed by atoms with E-state index in [0.717, 1.165) is 32.1 Å². The van der Waals surface area contributed by atoms with Gasteiger partial charge in [0.2, 0.25) is 0 Å². The summed E-state index contributed by atoms with van der Waals surface area (Å²) >= 11 is 0. The number of aliphatic hydroxyl groups excluding tert-OH is 5. The van der Waals surface area contributed by atoms with Gasteiger partial charge in [-0.15, -0.1) is 0 Å². The lowest BCUT2D eigenvalue weighted by Crippen LogP contribution is -2.66. The number of hydrogen-bond acceptors (Lipinski definition) is 11. The Hall–Kier alpha value is -1.68. The third-order valence-electron chi connectivity index (χ3n) is 17.1. The van der Waals surface area contributed by atoms with Crippen molar-refractivity contribution in [1.29, 1.82) is 0 Å². The van der Waals surface area contributed by atoms with Gasteiger partial charge in [0.15, 0.2) is 12.6 Å². The van der Waals surface area contributed by atoms with Crippen LogP contribution in [0, 0.1) is 50.2 Å². The van der Waals surface area contributed by atoms with E-state index in [4.69, 9.17) is 18.9 Å². The third-order valence-corrected chi connectivity index (χ3v) is 17.1. The molecule has 18 atom stereocenters. The Morgan fingerprint density at radius 1 is 0.759 bits per heavy atom. The van der Waals surface area contributed by atoms with E-state index in [1.54, 1.807) is 6.92 Å². The number of fused-ring (bicyclic) bond motifs is 7. The second-order valence-electron chi connectivity index (χ2n) is 19.9. The highest BCUT2D eigenvalue weighted by atomic mass is 16.8. The normalized spacial score (nSPS) is 54.2. The predicted molar refractivity (Wildman–Crippen MR) is 192 cm³/mol. The molecule has 306 valence electrons. The van der Waals surface area contributed by atoms with Crippen molar-refractivity contribution in [1.82, 2.24) is 0 Å². The SMILES string of the molecule is CC1OC(OC2C(OC3CCC4(C)C(CCC5(C)C4CC=C4C6CC(C)(C(=O)O)CCC6(C(=O)O)CCC45C)C3(C)C)OCC(O)C2O)C(O)C(O)C1O. The van der Waals surface area contributed by atoms with Gasteiger partial charge >= 0.3 is 11.9 Å². The molecule has 5 aliphatic carbocycles. The summed E-state index contributed by atoms with van der Waals surface area (Å²) in [6, 6.07) is 0. The third kappa shape index (κ3) is 5.72. The quantitative estimate of drug-likeness (QED) is 0.152. The number of hydrogen-bond donors (Lipinski definition) is 7. The van der Waals surface area contributed by atoms with Crippen LogP contribution in [-0.2, 0) is 28.5 Å². The lowest BCUT2D eigenvalue weighted by atomic mass is 9.33. The van der Waals surface area contributed by atoms with Crippen molar-refractivity contribution < 1.29 is 64.3 Å². The minimum Gasteiger partial charge on any atom is -0.481 e. The molecule has 2 saturated heterocycles. The van der Waals surface area contributed by atoms with E-state index in [9.17, 15) is 45.3 Å². The Morgan fingerprint density at radius 2 is 1.44 bits per heavy atom. The summed E-state index contributed by atoms with van der Waals surface area (Å²) in [6.45, 7) is 14.8. The van der Waals surface area contributed by atoms with Crippen LogP contribution in [0.15, 0.2) is 11.6 Å². The molecule has 7 rings (SSSR count). The average Bonchev–Trinajstić information content (AvgIpc) is 3.10. The zero-order valence-corrected chi connectivity index (χ0v) is 32.9. The van der Waals surface area contributed by atoms with Gasteiger partial charge in [0.05, 0.1) is 29.6 Å². The summed E-state index contributed by atoms with van der Waals surface area (Å²) in [4.78, 5) is 25.6. The number of aliphatic hydroxyl groups is 5. The van der Waals surface area contributed by atoms with Crippen LogP contribution in [0.5, 0.6) is 0 Å². The standard InChI is InChI=1S/C41H64O13/c1-20-27(43)29(45)30(46)32(52-20)54-31-28(44)23(42)19-51-33(31)53-26-11-12-38(5)24(36(26,2)3)10-13-40(7)25(38)9-8-21-22-18-37(4,34(47)48)14-16-41(22,35(49)50)17-15-39(21,40)6/h8,20,22-33,42-46H,9-19H2,1-7H3,(H,47,48)(H,49,50). The molecule has 2 aliphatic heterocycles. The molecule has 7 N–H and O–H groups in total. The van der Waals surface area contributed by atoms with Crippen molar-refractivity contribution in [2.75, 3.05) is 6.61 Å². The molecular formula is C41H64O13. The van der Waals surface area contributed by atoms with Crippen molar-refractivity contribution in [2.24, 2.45) is 50.2 Å².